The number of carbonyl (C=O) groups excluding carboxylic acids is 1. The Hall–Kier alpha value is -2.95. The first-order chi connectivity index (χ1) is 14.3. The van der Waals surface area contributed by atoms with Crippen LogP contribution in [-0.4, -0.2) is 34.8 Å². The van der Waals surface area contributed by atoms with Gasteiger partial charge in [-0.3, -0.25) is 9.36 Å². The van der Waals surface area contributed by atoms with Crippen LogP contribution >= 0.6 is 11.8 Å². The van der Waals surface area contributed by atoms with Gasteiger partial charge in [0, 0.05) is 17.8 Å². The molecule has 1 aromatic heterocycles. The van der Waals surface area contributed by atoms with Gasteiger partial charge in [-0.15, -0.1) is 16.8 Å². The van der Waals surface area contributed by atoms with Crippen molar-refractivity contribution in [3.8, 4) is 11.4 Å². The second kappa shape index (κ2) is 9.24. The summed E-state index contributed by atoms with van der Waals surface area (Å²) in [7, 11) is -3.77. The maximum atomic E-state index is 12.3. The fourth-order valence-corrected chi connectivity index (χ4v) is 4.03. The Kier molecular flexibility index (Phi) is 6.70. The van der Waals surface area contributed by atoms with Crippen LogP contribution in [0.3, 0.4) is 0 Å². The summed E-state index contributed by atoms with van der Waals surface area (Å²) in [5.41, 5.74) is 2.52. The number of nitrogens with zero attached hydrogens (tertiary/aromatic N) is 3. The number of aromatic nitrogens is 3. The minimum absolute atomic E-state index is 0.0175. The van der Waals surface area contributed by atoms with Gasteiger partial charge in [-0.05, 0) is 36.8 Å². The number of nitrogens with two attached hydrogens (primary N) is 1. The molecule has 0 spiro atoms. The molecule has 3 aromatic rings. The summed E-state index contributed by atoms with van der Waals surface area (Å²) in [6, 6.07) is 13.5. The van der Waals surface area contributed by atoms with E-state index in [4.69, 9.17) is 5.14 Å². The largest absolute Gasteiger partial charge is 0.325 e. The third-order valence-electron chi connectivity index (χ3n) is 4.21. The molecule has 156 valence electrons. The van der Waals surface area contributed by atoms with Gasteiger partial charge in [-0.2, -0.15) is 0 Å². The molecule has 30 heavy (non-hydrogen) atoms. The van der Waals surface area contributed by atoms with Gasteiger partial charge in [0.1, 0.15) is 0 Å². The highest BCUT2D eigenvalue weighted by atomic mass is 32.2. The molecule has 0 saturated carbocycles. The molecule has 0 fully saturated rings. The van der Waals surface area contributed by atoms with Crippen LogP contribution < -0.4 is 10.5 Å². The number of hydrogen-bond donors (Lipinski definition) is 2. The highest BCUT2D eigenvalue weighted by molar-refractivity contribution is 7.99. The lowest BCUT2D eigenvalue weighted by molar-refractivity contribution is -0.113. The molecule has 8 nitrogen and oxygen atoms in total. The van der Waals surface area contributed by atoms with Crippen LogP contribution in [0.1, 0.15) is 5.56 Å². The molecule has 0 aliphatic heterocycles. The number of benzene rings is 2. The fourth-order valence-electron chi connectivity index (χ4n) is 2.77. The van der Waals surface area contributed by atoms with E-state index in [0.29, 0.717) is 17.4 Å². The van der Waals surface area contributed by atoms with Crippen molar-refractivity contribution in [3.63, 3.8) is 0 Å². The summed E-state index contributed by atoms with van der Waals surface area (Å²) in [6.07, 6.45) is 1.75. The molecule has 10 heteroatoms. The van der Waals surface area contributed by atoms with Crippen molar-refractivity contribution < 1.29 is 13.2 Å². The molecule has 0 aliphatic rings. The van der Waals surface area contributed by atoms with Crippen LogP contribution in [0.25, 0.3) is 11.4 Å². The first-order valence-corrected chi connectivity index (χ1v) is 11.5. The SMILES string of the molecule is C=CCn1c(SCC(=O)Nc2ccc(S(N)(=O)=O)cc2)nnc1-c1ccccc1C. The van der Waals surface area contributed by atoms with Crippen molar-refractivity contribution in [1.82, 2.24) is 14.8 Å². The lowest BCUT2D eigenvalue weighted by Crippen LogP contribution is -2.15. The number of sulfonamides is 1. The zero-order valence-corrected chi connectivity index (χ0v) is 17.9. The van der Waals surface area contributed by atoms with Gasteiger partial charge in [0.2, 0.25) is 15.9 Å². The first kappa shape index (κ1) is 21.8. The third kappa shape index (κ3) is 5.15. The maximum absolute atomic E-state index is 12.3. The predicted molar refractivity (Wildman–Crippen MR) is 118 cm³/mol. The van der Waals surface area contributed by atoms with E-state index in [-0.39, 0.29) is 16.6 Å². The van der Waals surface area contributed by atoms with Crippen LogP contribution in [0.4, 0.5) is 5.69 Å². The minimum atomic E-state index is -3.77. The number of thioether (sulfide) groups is 1. The smallest absolute Gasteiger partial charge is 0.238 e. The Morgan fingerprint density at radius 2 is 1.90 bits per heavy atom. The Bertz CT molecular complexity index is 1170. The van der Waals surface area contributed by atoms with Crippen molar-refractivity contribution in [2.75, 3.05) is 11.1 Å². The van der Waals surface area contributed by atoms with Crippen molar-refractivity contribution in [3.05, 3.63) is 66.7 Å². The monoisotopic (exact) mass is 443 g/mol. The van der Waals surface area contributed by atoms with Crippen molar-refractivity contribution >= 4 is 33.4 Å². The second-order valence-electron chi connectivity index (χ2n) is 6.43. The summed E-state index contributed by atoms with van der Waals surface area (Å²) in [5.74, 6) is 0.573. The van der Waals surface area contributed by atoms with Gasteiger partial charge in [0.05, 0.1) is 10.6 Å². The molecule has 2 aromatic carbocycles. The molecule has 0 atom stereocenters. The number of amides is 1. The van der Waals surface area contributed by atoms with E-state index in [1.54, 1.807) is 6.08 Å². The number of allylic oxidation sites excluding steroid dienone is 1. The van der Waals surface area contributed by atoms with E-state index in [0.717, 1.165) is 17.0 Å². The molecule has 0 radical (unpaired) electrons. The van der Waals surface area contributed by atoms with Crippen molar-refractivity contribution in [2.45, 2.75) is 23.5 Å². The van der Waals surface area contributed by atoms with Gasteiger partial charge >= 0.3 is 0 Å². The summed E-state index contributed by atoms with van der Waals surface area (Å²) < 4.78 is 24.5. The fraction of sp³-hybridized carbons (Fsp3) is 0.150. The summed E-state index contributed by atoms with van der Waals surface area (Å²) in [4.78, 5) is 12.3. The van der Waals surface area contributed by atoms with Crippen LogP contribution in [0.2, 0.25) is 0 Å². The van der Waals surface area contributed by atoms with Gasteiger partial charge < -0.3 is 5.32 Å². The minimum Gasteiger partial charge on any atom is -0.325 e. The van der Waals surface area contributed by atoms with E-state index >= 15 is 0 Å². The Morgan fingerprint density at radius 3 is 2.53 bits per heavy atom. The summed E-state index contributed by atoms with van der Waals surface area (Å²) >= 11 is 1.26. The molecule has 0 aliphatic carbocycles. The average Bonchev–Trinajstić information content (AvgIpc) is 3.09. The number of carbonyl (C=O) groups is 1. The van der Waals surface area contributed by atoms with E-state index in [1.165, 1.54) is 36.0 Å². The van der Waals surface area contributed by atoms with E-state index in [9.17, 15) is 13.2 Å². The average molecular weight is 444 g/mol. The van der Waals surface area contributed by atoms with Crippen LogP contribution in [0.5, 0.6) is 0 Å². The Balaban J connectivity index is 1.70. The second-order valence-corrected chi connectivity index (χ2v) is 8.93. The summed E-state index contributed by atoms with van der Waals surface area (Å²) in [5, 5.41) is 16.9. The molecule has 1 heterocycles. The van der Waals surface area contributed by atoms with Gasteiger partial charge in [0.25, 0.3) is 0 Å². The molecule has 1 amide bonds. The third-order valence-corrected chi connectivity index (χ3v) is 6.11. The van der Waals surface area contributed by atoms with Crippen LogP contribution in [0.15, 0.2) is 71.2 Å². The van der Waals surface area contributed by atoms with Gasteiger partial charge in [-0.1, -0.05) is 42.1 Å². The zero-order chi connectivity index (χ0) is 21.7. The standard InChI is InChI=1S/C20H21N5O3S2/c1-3-12-25-19(17-7-5-4-6-14(17)2)23-24-20(25)29-13-18(26)22-15-8-10-16(11-9-15)30(21,27)28/h3-11H,1,12-13H2,2H3,(H,22,26)(H2,21,27,28). The molecule has 3 rings (SSSR count). The van der Waals surface area contributed by atoms with E-state index in [2.05, 4.69) is 22.1 Å². The number of primary sulfonamides is 1. The number of rotatable bonds is 8. The van der Waals surface area contributed by atoms with Crippen molar-refractivity contribution in [1.29, 1.82) is 0 Å². The molecule has 3 N–H and O–H groups in total. The Morgan fingerprint density at radius 1 is 1.20 bits per heavy atom. The molecule has 0 saturated heterocycles. The van der Waals surface area contributed by atoms with Gasteiger partial charge in [-0.25, -0.2) is 13.6 Å². The lowest BCUT2D eigenvalue weighted by Gasteiger charge is -2.10. The van der Waals surface area contributed by atoms with E-state index in [1.807, 2.05) is 35.8 Å². The van der Waals surface area contributed by atoms with E-state index < -0.39 is 10.0 Å². The molecule has 0 unspecified atom stereocenters. The Labute approximate surface area is 179 Å². The first-order valence-electron chi connectivity index (χ1n) is 8.95. The predicted octanol–water partition coefficient (Wildman–Crippen LogP) is 2.82. The highest BCUT2D eigenvalue weighted by Crippen LogP contribution is 2.26. The molecule has 0 bridgehead atoms. The van der Waals surface area contributed by atoms with Crippen LogP contribution in [0, 0.1) is 6.92 Å². The maximum Gasteiger partial charge on any atom is 0.238 e. The number of aryl methyl sites for hydroxylation is 1. The lowest BCUT2D eigenvalue weighted by atomic mass is 10.1. The summed E-state index contributed by atoms with van der Waals surface area (Å²) in [6.45, 7) is 6.31. The normalized spacial score (nSPS) is 11.3. The highest BCUT2D eigenvalue weighted by Gasteiger charge is 2.16. The zero-order valence-electron chi connectivity index (χ0n) is 16.3. The molecular weight excluding hydrogens is 422 g/mol. The topological polar surface area (TPSA) is 120 Å². The number of anilines is 1. The quantitative estimate of drug-likeness (QED) is 0.408. The molecular formula is C20H21N5O3S2. The van der Waals surface area contributed by atoms with Crippen molar-refractivity contribution in [2.24, 2.45) is 5.14 Å². The van der Waals surface area contributed by atoms with Gasteiger partial charge in [0.15, 0.2) is 11.0 Å². The number of hydrogen-bond acceptors (Lipinski definition) is 6. The number of nitrogens with one attached hydrogen (secondary N) is 1. The van der Waals surface area contributed by atoms with Crippen LogP contribution in [-0.2, 0) is 21.4 Å².